The molecule has 10 heteroatoms. The van der Waals surface area contributed by atoms with Gasteiger partial charge < -0.3 is 15.1 Å². The first-order valence-corrected chi connectivity index (χ1v) is 11.0. The lowest BCUT2D eigenvalue weighted by molar-refractivity contribution is -0.0615. The molecule has 0 aliphatic carbocycles. The number of hydrogen-bond donors (Lipinski definition) is 2. The van der Waals surface area contributed by atoms with E-state index in [9.17, 15) is 18.6 Å². The number of aromatic nitrogens is 2. The number of nitrogens with zero attached hydrogens (tertiary/aromatic N) is 5. The van der Waals surface area contributed by atoms with Crippen LogP contribution >= 0.6 is 0 Å². The molecule has 156 valence electrons. The lowest BCUT2D eigenvalue weighted by Gasteiger charge is -2.38. The number of piperazine rings is 1. The summed E-state index contributed by atoms with van der Waals surface area (Å²) in [6.07, 6.45) is 2.26. The van der Waals surface area contributed by atoms with E-state index in [2.05, 4.69) is 14.9 Å². The van der Waals surface area contributed by atoms with Crippen molar-refractivity contribution in [2.45, 2.75) is 16.6 Å². The molecule has 3 heterocycles. The van der Waals surface area contributed by atoms with Crippen molar-refractivity contribution in [3.63, 3.8) is 0 Å². The minimum Gasteiger partial charge on any atom is -0.389 e. The Morgan fingerprint density at radius 1 is 1.03 bits per heavy atom. The summed E-state index contributed by atoms with van der Waals surface area (Å²) in [4.78, 5) is 12.8. The van der Waals surface area contributed by atoms with Crippen molar-refractivity contribution in [3.8, 4) is 0 Å². The van der Waals surface area contributed by atoms with Crippen LogP contribution in [-0.2, 0) is 10.0 Å². The van der Waals surface area contributed by atoms with Gasteiger partial charge in [0.2, 0.25) is 16.0 Å². The number of rotatable bonds is 5. The Morgan fingerprint density at radius 2 is 1.69 bits per heavy atom. The van der Waals surface area contributed by atoms with Crippen LogP contribution in [0.2, 0.25) is 0 Å². The summed E-state index contributed by atoms with van der Waals surface area (Å²) in [5.41, 5.74) is -1.51. The molecule has 4 rings (SSSR count). The van der Waals surface area contributed by atoms with Gasteiger partial charge in [0.15, 0.2) is 0 Å². The SMILES string of the molecule is O=S(=O)(c1ccccc1)N1C[C@@H](O)[C@](O)(CN2CCN(c3ncccn3)CC2)C1. The molecule has 1 aromatic carbocycles. The fraction of sp³-hybridized carbons (Fsp3) is 0.474. The first-order chi connectivity index (χ1) is 13.9. The number of sulfonamides is 1. The fourth-order valence-electron chi connectivity index (χ4n) is 3.87. The summed E-state index contributed by atoms with van der Waals surface area (Å²) < 4.78 is 26.8. The molecule has 2 fully saturated rings. The third-order valence-electron chi connectivity index (χ3n) is 5.53. The van der Waals surface area contributed by atoms with Gasteiger partial charge in [-0.2, -0.15) is 4.31 Å². The molecule has 9 nitrogen and oxygen atoms in total. The number of benzene rings is 1. The van der Waals surface area contributed by atoms with E-state index in [-0.39, 0.29) is 24.5 Å². The number of aliphatic hydroxyl groups excluding tert-OH is 1. The van der Waals surface area contributed by atoms with Gasteiger partial charge in [-0.1, -0.05) is 18.2 Å². The van der Waals surface area contributed by atoms with Gasteiger partial charge in [-0.05, 0) is 18.2 Å². The van der Waals surface area contributed by atoms with Gasteiger partial charge >= 0.3 is 0 Å². The standard InChI is InChI=1S/C19H25N5O4S/c25-17-13-24(29(27,28)16-5-2-1-3-6-16)15-19(17,26)14-22-9-11-23(12-10-22)18-20-7-4-8-21-18/h1-8,17,25-26H,9-15H2/t17-,19+/m1/s1. The zero-order valence-electron chi connectivity index (χ0n) is 16.0. The van der Waals surface area contributed by atoms with Crippen LogP contribution in [0.15, 0.2) is 53.7 Å². The molecule has 0 unspecified atom stereocenters. The molecule has 2 aliphatic heterocycles. The second-order valence-corrected chi connectivity index (χ2v) is 9.48. The number of anilines is 1. The van der Waals surface area contributed by atoms with E-state index in [1.807, 2.05) is 4.90 Å². The highest BCUT2D eigenvalue weighted by Crippen LogP contribution is 2.29. The van der Waals surface area contributed by atoms with Crippen LogP contribution in [-0.4, -0.2) is 95.3 Å². The van der Waals surface area contributed by atoms with Crippen molar-refractivity contribution in [2.24, 2.45) is 0 Å². The summed E-state index contributed by atoms with van der Waals surface area (Å²) in [6, 6.07) is 9.86. The molecule has 0 amide bonds. The van der Waals surface area contributed by atoms with E-state index >= 15 is 0 Å². The van der Waals surface area contributed by atoms with Crippen LogP contribution in [0, 0.1) is 0 Å². The van der Waals surface area contributed by atoms with Crippen molar-refractivity contribution in [3.05, 3.63) is 48.8 Å². The Kier molecular flexibility index (Phi) is 5.54. The first-order valence-electron chi connectivity index (χ1n) is 9.58. The molecule has 2 aromatic rings. The third-order valence-corrected chi connectivity index (χ3v) is 7.36. The normalized spacial score (nSPS) is 26.7. The highest BCUT2D eigenvalue weighted by atomic mass is 32.2. The zero-order chi connectivity index (χ0) is 20.5. The fourth-order valence-corrected chi connectivity index (χ4v) is 5.40. The molecule has 2 saturated heterocycles. The van der Waals surface area contributed by atoms with E-state index in [0.29, 0.717) is 32.1 Å². The molecule has 2 N–H and O–H groups in total. The van der Waals surface area contributed by atoms with Crippen LogP contribution in [0.1, 0.15) is 0 Å². The zero-order valence-corrected chi connectivity index (χ0v) is 16.8. The summed E-state index contributed by atoms with van der Waals surface area (Å²) in [5, 5.41) is 21.5. The highest BCUT2D eigenvalue weighted by Gasteiger charge is 2.49. The molecular weight excluding hydrogens is 394 g/mol. The van der Waals surface area contributed by atoms with E-state index < -0.39 is 21.7 Å². The second kappa shape index (κ2) is 7.96. The van der Waals surface area contributed by atoms with Crippen molar-refractivity contribution in [1.29, 1.82) is 0 Å². The topological polar surface area (TPSA) is 110 Å². The van der Waals surface area contributed by atoms with Gasteiger partial charge in [0.05, 0.1) is 11.0 Å². The molecule has 0 bridgehead atoms. The maximum Gasteiger partial charge on any atom is 0.243 e. The van der Waals surface area contributed by atoms with E-state index in [1.54, 1.807) is 36.7 Å². The average Bonchev–Trinajstić information content (AvgIpc) is 3.05. The molecule has 2 atom stereocenters. The predicted molar refractivity (Wildman–Crippen MR) is 107 cm³/mol. The largest absolute Gasteiger partial charge is 0.389 e. The molecule has 0 radical (unpaired) electrons. The van der Waals surface area contributed by atoms with Gasteiger partial charge in [0.25, 0.3) is 0 Å². The first kappa shape index (κ1) is 20.2. The van der Waals surface area contributed by atoms with Crippen molar-refractivity contribution in [2.75, 3.05) is 50.7 Å². The number of β-amino-alcohol motifs (C(OH)–C–C–N with tert-alkyl or cyclic N) is 2. The summed E-state index contributed by atoms with van der Waals surface area (Å²) in [7, 11) is -3.76. The molecule has 0 spiro atoms. The van der Waals surface area contributed by atoms with Crippen LogP contribution in [0.25, 0.3) is 0 Å². The van der Waals surface area contributed by atoms with Crippen molar-refractivity contribution in [1.82, 2.24) is 19.2 Å². The minimum atomic E-state index is -3.76. The van der Waals surface area contributed by atoms with E-state index in [1.165, 1.54) is 16.4 Å². The lowest BCUT2D eigenvalue weighted by atomic mass is 9.99. The van der Waals surface area contributed by atoms with Gasteiger partial charge in [0, 0.05) is 58.2 Å². The predicted octanol–water partition coefficient (Wildman–Crippen LogP) is -0.605. The van der Waals surface area contributed by atoms with Crippen LogP contribution in [0.3, 0.4) is 0 Å². The summed E-state index contributed by atoms with van der Waals surface area (Å²) >= 11 is 0. The van der Waals surface area contributed by atoms with Crippen molar-refractivity contribution >= 4 is 16.0 Å². The molecule has 29 heavy (non-hydrogen) atoms. The third kappa shape index (κ3) is 4.12. The van der Waals surface area contributed by atoms with Gasteiger partial charge in [-0.3, -0.25) is 4.90 Å². The smallest absolute Gasteiger partial charge is 0.243 e. The van der Waals surface area contributed by atoms with Crippen LogP contribution < -0.4 is 4.90 Å². The molecule has 1 aromatic heterocycles. The Morgan fingerprint density at radius 3 is 2.34 bits per heavy atom. The minimum absolute atomic E-state index is 0.119. The van der Waals surface area contributed by atoms with E-state index in [4.69, 9.17) is 0 Å². The Labute approximate surface area is 170 Å². The summed E-state index contributed by atoms with van der Waals surface area (Å²) in [5.74, 6) is 0.673. The van der Waals surface area contributed by atoms with Gasteiger partial charge in [0.1, 0.15) is 5.60 Å². The maximum absolute atomic E-state index is 12.8. The monoisotopic (exact) mass is 419 g/mol. The van der Waals surface area contributed by atoms with Gasteiger partial charge in [-0.25, -0.2) is 18.4 Å². The Hall–Kier alpha value is -2.11. The Balaban J connectivity index is 1.39. The number of hydrogen-bond acceptors (Lipinski definition) is 8. The number of aliphatic hydroxyl groups is 2. The molecule has 0 saturated carbocycles. The highest BCUT2D eigenvalue weighted by molar-refractivity contribution is 7.89. The maximum atomic E-state index is 12.8. The van der Waals surface area contributed by atoms with Crippen LogP contribution in [0.4, 0.5) is 5.95 Å². The van der Waals surface area contributed by atoms with Gasteiger partial charge in [-0.15, -0.1) is 0 Å². The Bertz CT molecular complexity index is 922. The molecule has 2 aliphatic rings. The summed E-state index contributed by atoms with van der Waals surface area (Å²) in [6.45, 7) is 2.68. The van der Waals surface area contributed by atoms with Crippen LogP contribution in [0.5, 0.6) is 0 Å². The lowest BCUT2D eigenvalue weighted by Crippen LogP contribution is -2.56. The average molecular weight is 420 g/mol. The van der Waals surface area contributed by atoms with E-state index in [0.717, 1.165) is 0 Å². The second-order valence-electron chi connectivity index (χ2n) is 7.54. The van der Waals surface area contributed by atoms with Crippen molar-refractivity contribution < 1.29 is 18.6 Å². The molecular formula is C19H25N5O4S. The quantitative estimate of drug-likeness (QED) is 0.661.